The van der Waals surface area contributed by atoms with Crippen molar-refractivity contribution in [2.75, 3.05) is 13.1 Å². The molecule has 0 N–H and O–H groups in total. The van der Waals surface area contributed by atoms with Gasteiger partial charge < -0.3 is 14.2 Å². The summed E-state index contributed by atoms with van der Waals surface area (Å²) in [6, 6.07) is 10.0. The summed E-state index contributed by atoms with van der Waals surface area (Å²) in [5.41, 5.74) is 2.08. The summed E-state index contributed by atoms with van der Waals surface area (Å²) in [6.45, 7) is 7.94. The lowest BCUT2D eigenvalue weighted by molar-refractivity contribution is -0.135. The molecule has 1 aromatic carbocycles. The highest BCUT2D eigenvalue weighted by atomic mass is 16.5. The molecule has 5 heteroatoms. The molecule has 1 saturated heterocycles. The van der Waals surface area contributed by atoms with Gasteiger partial charge in [-0.05, 0) is 30.5 Å². The molecule has 2 heterocycles. The predicted octanol–water partition coefficient (Wildman–Crippen LogP) is 3.92. The van der Waals surface area contributed by atoms with Gasteiger partial charge in [0.15, 0.2) is 0 Å². The Labute approximate surface area is 148 Å². The van der Waals surface area contributed by atoms with Crippen LogP contribution in [0, 0.1) is 12.8 Å². The first-order valence-electron chi connectivity index (χ1n) is 8.98. The van der Waals surface area contributed by atoms with E-state index in [0.717, 1.165) is 42.8 Å². The van der Waals surface area contributed by atoms with E-state index in [1.165, 1.54) is 0 Å². The molecule has 1 aromatic heterocycles. The molecular weight excluding hydrogens is 316 g/mol. The van der Waals surface area contributed by atoms with Crippen LogP contribution in [-0.4, -0.2) is 29.1 Å². The maximum absolute atomic E-state index is 12.1. The van der Waals surface area contributed by atoms with Gasteiger partial charge in [-0.1, -0.05) is 44.2 Å². The van der Waals surface area contributed by atoms with Gasteiger partial charge in [0.25, 0.3) is 5.88 Å². The van der Waals surface area contributed by atoms with E-state index in [2.05, 4.69) is 5.16 Å². The van der Waals surface area contributed by atoms with Crippen molar-refractivity contribution in [3.05, 3.63) is 47.2 Å². The quantitative estimate of drug-likeness (QED) is 0.826. The Balaban J connectivity index is 1.59. The van der Waals surface area contributed by atoms with Crippen LogP contribution in [0.5, 0.6) is 5.88 Å². The van der Waals surface area contributed by atoms with Gasteiger partial charge in [-0.15, -0.1) is 0 Å². The minimum Gasteiger partial charge on any atom is -0.470 e. The highest BCUT2D eigenvalue weighted by Gasteiger charge is 2.29. The molecule has 25 heavy (non-hydrogen) atoms. The number of hydrogen-bond donors (Lipinski definition) is 0. The zero-order valence-electron chi connectivity index (χ0n) is 15.2. The van der Waals surface area contributed by atoms with Gasteiger partial charge in [-0.25, -0.2) is 0 Å². The van der Waals surface area contributed by atoms with Crippen LogP contribution in [0.4, 0.5) is 0 Å². The Hall–Kier alpha value is -2.30. The number of aromatic nitrogens is 1. The minimum atomic E-state index is 0.0570. The van der Waals surface area contributed by atoms with Crippen molar-refractivity contribution in [1.29, 1.82) is 0 Å². The van der Waals surface area contributed by atoms with Crippen molar-refractivity contribution in [2.45, 2.75) is 46.1 Å². The maximum atomic E-state index is 12.1. The van der Waals surface area contributed by atoms with E-state index in [1.807, 2.05) is 56.0 Å². The number of piperidine rings is 1. The SMILES string of the molecule is Cc1c(OCc2ccccc2)noc1C1CCN(C(=O)C(C)C)CC1. The molecular formula is C20H26N2O3. The van der Waals surface area contributed by atoms with Crippen LogP contribution in [0.2, 0.25) is 0 Å². The summed E-state index contributed by atoms with van der Waals surface area (Å²) in [5, 5.41) is 4.11. The summed E-state index contributed by atoms with van der Waals surface area (Å²) >= 11 is 0. The lowest BCUT2D eigenvalue weighted by Gasteiger charge is -2.32. The molecule has 3 rings (SSSR count). The second-order valence-corrected chi connectivity index (χ2v) is 7.01. The molecule has 1 aliphatic rings. The fourth-order valence-corrected chi connectivity index (χ4v) is 3.30. The number of hydrogen-bond acceptors (Lipinski definition) is 4. The Bertz CT molecular complexity index is 701. The Morgan fingerprint density at radius 3 is 2.60 bits per heavy atom. The third kappa shape index (κ3) is 4.03. The van der Waals surface area contributed by atoms with Crippen molar-refractivity contribution >= 4 is 5.91 Å². The van der Waals surface area contributed by atoms with Gasteiger partial charge in [0.1, 0.15) is 12.4 Å². The molecule has 0 bridgehead atoms. The van der Waals surface area contributed by atoms with E-state index in [4.69, 9.17) is 9.26 Å². The summed E-state index contributed by atoms with van der Waals surface area (Å²) in [6.07, 6.45) is 1.82. The fraction of sp³-hybridized carbons (Fsp3) is 0.500. The number of ether oxygens (including phenoxy) is 1. The summed E-state index contributed by atoms with van der Waals surface area (Å²) in [4.78, 5) is 14.1. The van der Waals surface area contributed by atoms with Crippen molar-refractivity contribution in [1.82, 2.24) is 10.1 Å². The second kappa shape index (κ2) is 7.72. The Morgan fingerprint density at radius 2 is 1.96 bits per heavy atom. The van der Waals surface area contributed by atoms with Crippen LogP contribution in [-0.2, 0) is 11.4 Å². The monoisotopic (exact) mass is 342 g/mol. The Morgan fingerprint density at radius 1 is 1.28 bits per heavy atom. The number of rotatable bonds is 5. The number of amides is 1. The molecule has 0 saturated carbocycles. The maximum Gasteiger partial charge on any atom is 0.257 e. The molecule has 0 spiro atoms. The van der Waals surface area contributed by atoms with Crippen LogP contribution in [0.25, 0.3) is 0 Å². The van der Waals surface area contributed by atoms with Gasteiger partial charge in [-0.3, -0.25) is 4.79 Å². The smallest absolute Gasteiger partial charge is 0.257 e. The molecule has 1 fully saturated rings. The molecule has 0 aliphatic carbocycles. The first kappa shape index (κ1) is 17.5. The van der Waals surface area contributed by atoms with Crippen LogP contribution >= 0.6 is 0 Å². The topological polar surface area (TPSA) is 55.6 Å². The summed E-state index contributed by atoms with van der Waals surface area (Å²) < 4.78 is 11.4. The average Bonchev–Trinajstić information content (AvgIpc) is 3.01. The van der Waals surface area contributed by atoms with E-state index in [0.29, 0.717) is 18.4 Å². The number of nitrogens with zero attached hydrogens (tertiary/aromatic N) is 2. The van der Waals surface area contributed by atoms with Crippen LogP contribution < -0.4 is 4.74 Å². The molecule has 0 unspecified atom stereocenters. The molecule has 0 atom stereocenters. The van der Waals surface area contributed by atoms with Gasteiger partial charge in [0, 0.05) is 24.9 Å². The third-order valence-corrected chi connectivity index (χ3v) is 4.81. The second-order valence-electron chi connectivity index (χ2n) is 7.01. The highest BCUT2D eigenvalue weighted by Crippen LogP contribution is 2.34. The van der Waals surface area contributed by atoms with Crippen LogP contribution in [0.1, 0.15) is 49.5 Å². The van der Waals surface area contributed by atoms with E-state index in [-0.39, 0.29) is 11.8 Å². The average molecular weight is 342 g/mol. The van der Waals surface area contributed by atoms with E-state index >= 15 is 0 Å². The van der Waals surface area contributed by atoms with Crippen molar-refractivity contribution < 1.29 is 14.1 Å². The number of likely N-dealkylation sites (tertiary alicyclic amines) is 1. The minimum absolute atomic E-state index is 0.0570. The molecule has 1 aliphatic heterocycles. The first-order chi connectivity index (χ1) is 12.1. The van der Waals surface area contributed by atoms with Crippen molar-refractivity contribution in [3.63, 3.8) is 0 Å². The number of carbonyl (C=O) groups excluding carboxylic acids is 1. The highest BCUT2D eigenvalue weighted by molar-refractivity contribution is 5.78. The third-order valence-electron chi connectivity index (χ3n) is 4.81. The molecule has 0 radical (unpaired) electrons. The van der Waals surface area contributed by atoms with E-state index < -0.39 is 0 Å². The predicted molar refractivity (Wildman–Crippen MR) is 95.4 cm³/mol. The van der Waals surface area contributed by atoms with Crippen molar-refractivity contribution in [2.24, 2.45) is 5.92 Å². The molecule has 134 valence electrons. The van der Waals surface area contributed by atoms with E-state index in [9.17, 15) is 4.79 Å². The van der Waals surface area contributed by atoms with Crippen LogP contribution in [0.15, 0.2) is 34.9 Å². The van der Waals surface area contributed by atoms with Gasteiger partial charge >= 0.3 is 0 Å². The lowest BCUT2D eigenvalue weighted by Crippen LogP contribution is -2.40. The van der Waals surface area contributed by atoms with Crippen molar-refractivity contribution in [3.8, 4) is 5.88 Å². The molecule has 2 aromatic rings. The summed E-state index contributed by atoms with van der Waals surface area (Å²) in [5.74, 6) is 2.07. The largest absolute Gasteiger partial charge is 0.470 e. The lowest BCUT2D eigenvalue weighted by atomic mass is 9.92. The zero-order valence-corrected chi connectivity index (χ0v) is 15.2. The molecule has 1 amide bonds. The van der Waals surface area contributed by atoms with Gasteiger partial charge in [-0.2, -0.15) is 0 Å². The van der Waals surface area contributed by atoms with Gasteiger partial charge in [0.2, 0.25) is 5.91 Å². The molecule has 5 nitrogen and oxygen atoms in total. The fourth-order valence-electron chi connectivity index (χ4n) is 3.30. The summed E-state index contributed by atoms with van der Waals surface area (Å²) in [7, 11) is 0. The first-order valence-corrected chi connectivity index (χ1v) is 8.98. The standard InChI is InChI=1S/C20H26N2O3/c1-14(2)20(23)22-11-9-17(10-12-22)18-15(3)19(21-25-18)24-13-16-7-5-4-6-8-16/h4-8,14,17H,9-13H2,1-3H3. The van der Waals surface area contributed by atoms with Crippen LogP contribution in [0.3, 0.4) is 0 Å². The normalized spacial score (nSPS) is 15.6. The van der Waals surface area contributed by atoms with E-state index in [1.54, 1.807) is 0 Å². The number of carbonyl (C=O) groups is 1. The van der Waals surface area contributed by atoms with Gasteiger partial charge in [0.05, 0.1) is 5.56 Å². The zero-order chi connectivity index (χ0) is 17.8. The number of benzene rings is 1. The Kier molecular flexibility index (Phi) is 5.41.